The SMILES string of the molecule is CC1=C2C(=O)C3C(C)CCC3C[C@@]2(C)C=CC1. The lowest BCUT2D eigenvalue weighted by molar-refractivity contribution is -0.124. The molecule has 2 saturated carbocycles. The van der Waals surface area contributed by atoms with Crippen molar-refractivity contribution in [3.63, 3.8) is 0 Å². The second kappa shape index (κ2) is 3.57. The first-order valence-corrected chi connectivity index (χ1v) is 6.95. The fraction of sp³-hybridized carbons (Fsp3) is 0.688. The van der Waals surface area contributed by atoms with Crippen LogP contribution in [-0.4, -0.2) is 5.78 Å². The molecule has 0 amide bonds. The molecule has 0 N–H and O–H groups in total. The number of fused-ring (bicyclic) bond motifs is 2. The number of allylic oxidation sites excluding steroid dienone is 4. The van der Waals surface area contributed by atoms with Gasteiger partial charge in [-0.25, -0.2) is 0 Å². The highest BCUT2D eigenvalue weighted by atomic mass is 16.1. The maximum absolute atomic E-state index is 12.8. The van der Waals surface area contributed by atoms with E-state index in [2.05, 4.69) is 32.9 Å². The molecular formula is C16H22O. The lowest BCUT2D eigenvalue weighted by Gasteiger charge is -2.43. The van der Waals surface area contributed by atoms with Crippen molar-refractivity contribution in [1.29, 1.82) is 0 Å². The van der Waals surface area contributed by atoms with Crippen LogP contribution in [0.4, 0.5) is 0 Å². The average Bonchev–Trinajstić information content (AvgIpc) is 2.59. The first kappa shape index (κ1) is 11.3. The van der Waals surface area contributed by atoms with E-state index in [0.29, 0.717) is 23.5 Å². The molecule has 1 nitrogen and oxygen atoms in total. The third kappa shape index (κ3) is 1.47. The number of Topliss-reactive ketones (excluding diaryl/α,β-unsaturated/α-hetero) is 1. The van der Waals surface area contributed by atoms with Gasteiger partial charge in [0, 0.05) is 16.9 Å². The van der Waals surface area contributed by atoms with Crippen molar-refractivity contribution in [2.24, 2.45) is 23.2 Å². The van der Waals surface area contributed by atoms with Gasteiger partial charge in [0.15, 0.2) is 5.78 Å². The lowest BCUT2D eigenvalue weighted by Crippen LogP contribution is -2.41. The highest BCUT2D eigenvalue weighted by Gasteiger charge is 2.50. The van der Waals surface area contributed by atoms with Crippen molar-refractivity contribution >= 4 is 5.78 Å². The number of carbonyl (C=O) groups excluding carboxylic acids is 1. The molecule has 0 aliphatic heterocycles. The van der Waals surface area contributed by atoms with Crippen LogP contribution in [0, 0.1) is 23.2 Å². The molecule has 3 unspecified atom stereocenters. The zero-order valence-electron chi connectivity index (χ0n) is 11.1. The monoisotopic (exact) mass is 230 g/mol. The molecule has 0 heterocycles. The van der Waals surface area contributed by atoms with Gasteiger partial charge < -0.3 is 0 Å². The summed E-state index contributed by atoms with van der Waals surface area (Å²) in [5.74, 6) is 2.06. The molecule has 0 aromatic heterocycles. The van der Waals surface area contributed by atoms with Gasteiger partial charge in [0.1, 0.15) is 0 Å². The highest BCUT2D eigenvalue weighted by Crippen LogP contribution is 2.54. The van der Waals surface area contributed by atoms with Gasteiger partial charge >= 0.3 is 0 Å². The number of carbonyl (C=O) groups is 1. The molecule has 2 fully saturated rings. The van der Waals surface area contributed by atoms with Crippen LogP contribution < -0.4 is 0 Å². The fourth-order valence-corrected chi connectivity index (χ4v) is 4.54. The van der Waals surface area contributed by atoms with E-state index in [-0.39, 0.29) is 5.41 Å². The lowest BCUT2D eigenvalue weighted by atomic mass is 9.60. The normalized spacial score (nSPS) is 44.9. The maximum Gasteiger partial charge on any atom is 0.163 e. The Hall–Kier alpha value is -0.850. The summed E-state index contributed by atoms with van der Waals surface area (Å²) >= 11 is 0. The Labute approximate surface area is 104 Å². The minimum Gasteiger partial charge on any atom is -0.294 e. The topological polar surface area (TPSA) is 17.1 Å². The molecule has 1 heteroatoms. The predicted molar refractivity (Wildman–Crippen MR) is 69.6 cm³/mol. The van der Waals surface area contributed by atoms with Crippen molar-refractivity contribution in [2.75, 3.05) is 0 Å². The molecule has 0 aromatic carbocycles. The Kier molecular flexibility index (Phi) is 2.36. The number of hydrogen-bond donors (Lipinski definition) is 0. The van der Waals surface area contributed by atoms with Crippen LogP contribution in [0.15, 0.2) is 23.3 Å². The molecular weight excluding hydrogens is 208 g/mol. The van der Waals surface area contributed by atoms with E-state index in [0.717, 1.165) is 12.0 Å². The smallest absolute Gasteiger partial charge is 0.163 e. The van der Waals surface area contributed by atoms with Crippen LogP contribution in [0.3, 0.4) is 0 Å². The number of rotatable bonds is 0. The number of hydrogen-bond acceptors (Lipinski definition) is 1. The Bertz CT molecular complexity index is 429. The molecule has 0 saturated heterocycles. The van der Waals surface area contributed by atoms with Crippen LogP contribution in [0.25, 0.3) is 0 Å². The third-order valence-electron chi connectivity index (χ3n) is 5.26. The summed E-state index contributed by atoms with van der Waals surface area (Å²) < 4.78 is 0. The second-order valence-electron chi connectivity index (χ2n) is 6.59. The van der Waals surface area contributed by atoms with Crippen molar-refractivity contribution < 1.29 is 4.79 Å². The largest absolute Gasteiger partial charge is 0.294 e. The van der Waals surface area contributed by atoms with Crippen molar-refractivity contribution in [1.82, 2.24) is 0 Å². The molecule has 0 aromatic rings. The first-order valence-electron chi connectivity index (χ1n) is 6.95. The fourth-order valence-electron chi connectivity index (χ4n) is 4.54. The van der Waals surface area contributed by atoms with Gasteiger partial charge in [-0.3, -0.25) is 4.79 Å². The van der Waals surface area contributed by atoms with E-state index in [9.17, 15) is 4.79 Å². The van der Waals surface area contributed by atoms with Gasteiger partial charge in [-0.05, 0) is 44.4 Å². The molecule has 3 aliphatic rings. The van der Waals surface area contributed by atoms with Crippen LogP contribution in [0.1, 0.15) is 46.5 Å². The van der Waals surface area contributed by atoms with Crippen molar-refractivity contribution in [3.8, 4) is 0 Å². The van der Waals surface area contributed by atoms with Gasteiger partial charge in [-0.15, -0.1) is 0 Å². The van der Waals surface area contributed by atoms with E-state index in [4.69, 9.17) is 0 Å². The summed E-state index contributed by atoms with van der Waals surface area (Å²) in [6, 6.07) is 0. The minimum atomic E-state index is 0.0463. The van der Waals surface area contributed by atoms with Gasteiger partial charge in [0.25, 0.3) is 0 Å². The molecule has 4 atom stereocenters. The van der Waals surface area contributed by atoms with Crippen molar-refractivity contribution in [3.05, 3.63) is 23.3 Å². The molecule has 0 spiro atoms. The molecule has 0 radical (unpaired) electrons. The van der Waals surface area contributed by atoms with E-state index in [1.807, 2.05) is 0 Å². The summed E-state index contributed by atoms with van der Waals surface area (Å²) in [5, 5.41) is 0. The molecule has 92 valence electrons. The van der Waals surface area contributed by atoms with Gasteiger partial charge in [0.2, 0.25) is 0 Å². The average molecular weight is 230 g/mol. The van der Waals surface area contributed by atoms with E-state index in [1.165, 1.54) is 24.8 Å². The van der Waals surface area contributed by atoms with Crippen LogP contribution >= 0.6 is 0 Å². The highest BCUT2D eigenvalue weighted by molar-refractivity contribution is 6.01. The van der Waals surface area contributed by atoms with Gasteiger partial charge in [-0.2, -0.15) is 0 Å². The Morgan fingerprint density at radius 1 is 1.35 bits per heavy atom. The van der Waals surface area contributed by atoms with Crippen LogP contribution in [0.5, 0.6) is 0 Å². The quantitative estimate of drug-likeness (QED) is 0.577. The number of ketones is 1. The zero-order chi connectivity index (χ0) is 12.2. The summed E-state index contributed by atoms with van der Waals surface area (Å²) in [6.45, 7) is 6.67. The second-order valence-corrected chi connectivity index (χ2v) is 6.59. The predicted octanol–water partition coefficient (Wildman–Crippen LogP) is 3.90. The standard InChI is InChI=1S/C16H22O/c1-10-6-7-12-9-16(3)8-4-5-11(2)14(16)15(17)13(10)12/h4,8,10,12-13H,5-7,9H2,1-3H3/t10?,12?,13?,16-/m1/s1. The minimum absolute atomic E-state index is 0.0463. The van der Waals surface area contributed by atoms with E-state index in [1.54, 1.807) is 0 Å². The summed E-state index contributed by atoms with van der Waals surface area (Å²) in [6.07, 6.45) is 9.22. The molecule has 17 heavy (non-hydrogen) atoms. The molecule has 3 aliphatic carbocycles. The van der Waals surface area contributed by atoms with Gasteiger partial charge in [0.05, 0.1) is 0 Å². The zero-order valence-corrected chi connectivity index (χ0v) is 11.1. The molecule has 0 bridgehead atoms. The maximum atomic E-state index is 12.8. The summed E-state index contributed by atoms with van der Waals surface area (Å²) in [7, 11) is 0. The van der Waals surface area contributed by atoms with Gasteiger partial charge in [-0.1, -0.05) is 31.6 Å². The third-order valence-corrected chi connectivity index (χ3v) is 5.26. The Morgan fingerprint density at radius 2 is 2.12 bits per heavy atom. The van der Waals surface area contributed by atoms with E-state index >= 15 is 0 Å². The van der Waals surface area contributed by atoms with E-state index < -0.39 is 0 Å². The molecule has 3 rings (SSSR count). The first-order chi connectivity index (χ1) is 8.03. The Balaban J connectivity index is 2.07. The summed E-state index contributed by atoms with van der Waals surface area (Å²) in [4.78, 5) is 12.8. The Morgan fingerprint density at radius 3 is 2.88 bits per heavy atom. The van der Waals surface area contributed by atoms with Crippen molar-refractivity contribution in [2.45, 2.75) is 46.5 Å². The van der Waals surface area contributed by atoms with Crippen LogP contribution in [0.2, 0.25) is 0 Å². The van der Waals surface area contributed by atoms with Crippen LogP contribution in [-0.2, 0) is 4.79 Å². The summed E-state index contributed by atoms with van der Waals surface area (Å²) in [5.41, 5.74) is 2.53.